The molecular formula is C14H12BrNO5. The van der Waals surface area contributed by atoms with Crippen LogP contribution in [-0.2, 0) is 19.1 Å². The molecule has 1 aromatic rings. The first-order valence-corrected chi connectivity index (χ1v) is 6.89. The molecule has 1 heterocycles. The van der Waals surface area contributed by atoms with Gasteiger partial charge in [0.05, 0.1) is 25.0 Å². The average Bonchev–Trinajstić information content (AvgIpc) is 2.71. The highest BCUT2D eigenvalue weighted by atomic mass is 79.9. The van der Waals surface area contributed by atoms with Gasteiger partial charge in [-0.1, -0.05) is 15.9 Å². The fourth-order valence-electron chi connectivity index (χ4n) is 1.98. The molecule has 0 saturated heterocycles. The minimum Gasteiger partial charge on any atom is -0.463 e. The summed E-state index contributed by atoms with van der Waals surface area (Å²) < 4.78 is 10.1. The molecule has 1 aliphatic rings. The fourth-order valence-corrected chi connectivity index (χ4v) is 2.34. The van der Waals surface area contributed by atoms with Gasteiger partial charge >= 0.3 is 12.1 Å². The average molecular weight is 354 g/mol. The van der Waals surface area contributed by atoms with Crippen molar-refractivity contribution in [2.45, 2.75) is 6.92 Å². The van der Waals surface area contributed by atoms with Gasteiger partial charge < -0.3 is 9.47 Å². The number of carbonyl (C=O) groups is 3. The number of rotatable bonds is 2. The predicted octanol–water partition coefficient (Wildman–Crippen LogP) is 2.51. The summed E-state index contributed by atoms with van der Waals surface area (Å²) in [5.41, 5.74) is 0.925. The molecule has 21 heavy (non-hydrogen) atoms. The van der Waals surface area contributed by atoms with Crippen LogP contribution in [0, 0.1) is 0 Å². The maximum Gasteiger partial charge on any atom is 0.421 e. The number of esters is 1. The monoisotopic (exact) mass is 353 g/mol. The molecule has 0 aliphatic carbocycles. The molecule has 0 atom stereocenters. The topological polar surface area (TPSA) is 72.9 Å². The molecule has 2 amide bonds. The third-order valence-corrected chi connectivity index (χ3v) is 3.32. The molecule has 0 saturated carbocycles. The molecule has 1 aliphatic heterocycles. The Morgan fingerprint density at radius 2 is 2.10 bits per heavy atom. The number of benzene rings is 1. The zero-order chi connectivity index (χ0) is 15.6. The van der Waals surface area contributed by atoms with Crippen LogP contribution in [0.3, 0.4) is 0 Å². The van der Waals surface area contributed by atoms with E-state index in [-0.39, 0.29) is 12.2 Å². The zero-order valence-corrected chi connectivity index (χ0v) is 13.0. The summed E-state index contributed by atoms with van der Waals surface area (Å²) in [7, 11) is 1.18. The van der Waals surface area contributed by atoms with Crippen LogP contribution in [0.15, 0.2) is 28.7 Å². The second kappa shape index (κ2) is 6.09. The maximum absolute atomic E-state index is 12.3. The van der Waals surface area contributed by atoms with Gasteiger partial charge in [0.15, 0.2) is 0 Å². The second-order valence-electron chi connectivity index (χ2n) is 4.08. The van der Waals surface area contributed by atoms with E-state index in [0.29, 0.717) is 11.3 Å². The maximum atomic E-state index is 12.3. The van der Waals surface area contributed by atoms with Crippen molar-refractivity contribution in [1.82, 2.24) is 0 Å². The summed E-state index contributed by atoms with van der Waals surface area (Å²) in [6.45, 7) is 1.86. The molecule has 0 radical (unpaired) electrons. The van der Waals surface area contributed by atoms with E-state index in [1.54, 1.807) is 25.1 Å². The lowest BCUT2D eigenvalue weighted by Crippen LogP contribution is -2.33. The minimum atomic E-state index is -0.809. The van der Waals surface area contributed by atoms with Gasteiger partial charge in [-0.3, -0.25) is 4.79 Å². The number of nitrogens with zero attached hydrogens (tertiary/aromatic N) is 1. The van der Waals surface area contributed by atoms with Crippen molar-refractivity contribution >= 4 is 45.2 Å². The summed E-state index contributed by atoms with van der Waals surface area (Å²) in [5, 5.41) is 0. The van der Waals surface area contributed by atoms with E-state index in [1.165, 1.54) is 7.11 Å². The third kappa shape index (κ3) is 2.82. The van der Waals surface area contributed by atoms with Crippen molar-refractivity contribution in [3.05, 3.63) is 34.3 Å². The van der Waals surface area contributed by atoms with Crippen molar-refractivity contribution in [1.29, 1.82) is 0 Å². The Kier molecular flexibility index (Phi) is 4.42. The minimum absolute atomic E-state index is 0.0927. The van der Waals surface area contributed by atoms with Crippen LogP contribution >= 0.6 is 15.9 Å². The molecule has 0 fully saturated rings. The SMILES string of the molecule is CCOC(=O)/C=C1/C(=O)N(C(=O)OC)c2ccc(Br)cc21. The van der Waals surface area contributed by atoms with Crippen LogP contribution in [-0.4, -0.2) is 31.7 Å². The summed E-state index contributed by atoms with van der Waals surface area (Å²) in [4.78, 5) is 36.6. The van der Waals surface area contributed by atoms with E-state index >= 15 is 0 Å². The Balaban J connectivity index is 2.54. The summed E-state index contributed by atoms with van der Waals surface area (Å²) in [6, 6.07) is 4.94. The van der Waals surface area contributed by atoms with Gasteiger partial charge in [-0.25, -0.2) is 14.5 Å². The second-order valence-corrected chi connectivity index (χ2v) is 5.00. The van der Waals surface area contributed by atoms with Crippen LogP contribution in [0.5, 0.6) is 0 Å². The number of carbonyl (C=O) groups excluding carboxylic acids is 3. The fraction of sp³-hybridized carbons (Fsp3) is 0.214. The summed E-state index contributed by atoms with van der Waals surface area (Å²) in [5.74, 6) is -1.26. The van der Waals surface area contributed by atoms with Crippen molar-refractivity contribution in [3.63, 3.8) is 0 Å². The lowest BCUT2D eigenvalue weighted by Gasteiger charge is -2.12. The first-order chi connectivity index (χ1) is 9.99. The number of methoxy groups -OCH3 is 1. The van der Waals surface area contributed by atoms with Crippen LogP contribution in [0.4, 0.5) is 10.5 Å². The molecule has 7 heteroatoms. The number of ether oxygens (including phenoxy) is 2. The Morgan fingerprint density at radius 3 is 2.71 bits per heavy atom. The molecular weight excluding hydrogens is 342 g/mol. The molecule has 6 nitrogen and oxygen atoms in total. The summed E-state index contributed by atoms with van der Waals surface area (Å²) >= 11 is 3.29. The van der Waals surface area contributed by atoms with E-state index in [2.05, 4.69) is 20.7 Å². The van der Waals surface area contributed by atoms with Crippen molar-refractivity contribution in [2.24, 2.45) is 0 Å². The lowest BCUT2D eigenvalue weighted by atomic mass is 10.1. The molecule has 0 aromatic heterocycles. The molecule has 110 valence electrons. The van der Waals surface area contributed by atoms with E-state index in [0.717, 1.165) is 15.4 Å². The molecule has 0 bridgehead atoms. The van der Waals surface area contributed by atoms with Crippen LogP contribution < -0.4 is 4.90 Å². The van der Waals surface area contributed by atoms with Crippen LogP contribution in [0.25, 0.3) is 5.57 Å². The Hall–Kier alpha value is -2.15. The normalized spacial score (nSPS) is 15.1. The Labute approximate surface area is 129 Å². The Morgan fingerprint density at radius 1 is 1.38 bits per heavy atom. The lowest BCUT2D eigenvalue weighted by molar-refractivity contribution is -0.137. The first kappa shape index (κ1) is 15.2. The molecule has 0 N–H and O–H groups in total. The zero-order valence-electron chi connectivity index (χ0n) is 11.4. The van der Waals surface area contributed by atoms with E-state index in [1.807, 2.05) is 0 Å². The smallest absolute Gasteiger partial charge is 0.421 e. The third-order valence-electron chi connectivity index (χ3n) is 2.83. The van der Waals surface area contributed by atoms with Crippen molar-refractivity contribution in [2.75, 3.05) is 18.6 Å². The van der Waals surface area contributed by atoms with Gasteiger partial charge in [-0.2, -0.15) is 0 Å². The standard InChI is InChI=1S/C14H12BrNO5/c1-3-21-12(17)7-10-9-6-8(15)4-5-11(9)16(13(10)18)14(19)20-2/h4-7H,3H2,1-2H3/b10-7+. The highest BCUT2D eigenvalue weighted by molar-refractivity contribution is 9.10. The van der Waals surface area contributed by atoms with Gasteiger partial charge in [0, 0.05) is 16.1 Å². The number of hydrogen-bond donors (Lipinski definition) is 0. The number of hydrogen-bond acceptors (Lipinski definition) is 5. The predicted molar refractivity (Wildman–Crippen MR) is 78.6 cm³/mol. The summed E-state index contributed by atoms with van der Waals surface area (Å²) in [6.07, 6.45) is 0.274. The van der Waals surface area contributed by atoms with Gasteiger partial charge in [-0.05, 0) is 25.1 Å². The van der Waals surface area contributed by atoms with Crippen LogP contribution in [0.2, 0.25) is 0 Å². The van der Waals surface area contributed by atoms with E-state index < -0.39 is 18.0 Å². The highest BCUT2D eigenvalue weighted by Crippen LogP contribution is 2.38. The quantitative estimate of drug-likeness (QED) is 0.603. The van der Waals surface area contributed by atoms with E-state index in [4.69, 9.17) is 4.74 Å². The largest absolute Gasteiger partial charge is 0.463 e. The van der Waals surface area contributed by atoms with E-state index in [9.17, 15) is 14.4 Å². The molecule has 0 spiro atoms. The van der Waals surface area contributed by atoms with Gasteiger partial charge in [0.2, 0.25) is 0 Å². The number of amides is 2. The Bertz CT molecular complexity index is 653. The van der Waals surface area contributed by atoms with Crippen molar-refractivity contribution < 1.29 is 23.9 Å². The molecule has 2 rings (SSSR count). The first-order valence-electron chi connectivity index (χ1n) is 6.10. The molecule has 1 aromatic carbocycles. The van der Waals surface area contributed by atoms with Gasteiger partial charge in [0.25, 0.3) is 5.91 Å². The molecule has 0 unspecified atom stereocenters. The van der Waals surface area contributed by atoms with Gasteiger partial charge in [0.1, 0.15) is 0 Å². The number of fused-ring (bicyclic) bond motifs is 1. The van der Waals surface area contributed by atoms with Crippen LogP contribution in [0.1, 0.15) is 12.5 Å². The van der Waals surface area contributed by atoms with Gasteiger partial charge in [-0.15, -0.1) is 0 Å². The number of anilines is 1. The number of imide groups is 1. The van der Waals surface area contributed by atoms with Crippen molar-refractivity contribution in [3.8, 4) is 0 Å². The number of halogens is 1. The highest BCUT2D eigenvalue weighted by Gasteiger charge is 2.38.